The van der Waals surface area contributed by atoms with E-state index in [0.29, 0.717) is 64.1 Å². The number of carbonyl (C=O) groups is 4. The van der Waals surface area contributed by atoms with E-state index in [-0.39, 0.29) is 47.8 Å². The first-order valence-corrected chi connectivity index (χ1v) is 21.8. The maximum absolute atomic E-state index is 13.7. The van der Waals surface area contributed by atoms with Gasteiger partial charge < -0.3 is 29.7 Å². The van der Waals surface area contributed by atoms with Crippen molar-refractivity contribution < 1.29 is 23.9 Å². The zero-order chi connectivity index (χ0) is 43.2. The van der Waals surface area contributed by atoms with Crippen LogP contribution in [0.3, 0.4) is 0 Å². The average Bonchev–Trinajstić information content (AvgIpc) is 3.52. The first kappa shape index (κ1) is 39.9. The number of nitrogens with one attached hydrogen (secondary N) is 3. The minimum Gasteiger partial charge on any atom is -0.488 e. The van der Waals surface area contributed by atoms with Crippen molar-refractivity contribution in [2.75, 3.05) is 55.6 Å². The molecule has 5 heterocycles. The zero-order valence-electron chi connectivity index (χ0n) is 35.6. The van der Waals surface area contributed by atoms with Crippen molar-refractivity contribution in [2.45, 2.75) is 65.3 Å². The number of nitrogens with zero attached hydrogens (tertiary/aromatic N) is 5. The van der Waals surface area contributed by atoms with E-state index in [1.54, 1.807) is 23.1 Å². The Morgan fingerprint density at radius 3 is 2.27 bits per heavy atom. The Morgan fingerprint density at radius 2 is 1.58 bits per heavy atom. The molecule has 320 valence electrons. The second-order valence-electron chi connectivity index (χ2n) is 19.4. The minimum atomic E-state index is -0.606. The molecule has 3 atom stereocenters. The molecule has 3 N–H and O–H groups in total. The van der Waals surface area contributed by atoms with Crippen molar-refractivity contribution in [2.24, 2.45) is 28.6 Å². The lowest BCUT2D eigenvalue weighted by Crippen LogP contribution is -2.74. The van der Waals surface area contributed by atoms with Crippen LogP contribution in [0.25, 0.3) is 10.9 Å². The van der Waals surface area contributed by atoms with Crippen molar-refractivity contribution >= 4 is 45.9 Å². The molecule has 62 heavy (non-hydrogen) atoms. The number of fused-ring (bicyclic) bond motifs is 3. The smallest absolute Gasteiger partial charge is 0.255 e. The molecule has 4 amide bonds. The molecule has 4 aliphatic heterocycles. The molecule has 14 nitrogen and oxygen atoms in total. The number of hydrogen-bond acceptors (Lipinski definition) is 10. The normalized spacial score (nSPS) is 27.3. The average molecular weight is 837 g/mol. The third-order valence-electron chi connectivity index (χ3n) is 14.9. The summed E-state index contributed by atoms with van der Waals surface area (Å²) >= 11 is 0. The maximum atomic E-state index is 13.7. The second-order valence-corrected chi connectivity index (χ2v) is 19.4. The molecule has 0 spiro atoms. The van der Waals surface area contributed by atoms with Gasteiger partial charge in [-0.2, -0.15) is 5.26 Å². The van der Waals surface area contributed by atoms with E-state index in [4.69, 9.17) is 4.74 Å². The van der Waals surface area contributed by atoms with E-state index in [1.165, 1.54) is 6.07 Å². The number of piperidine rings is 2. The SMILES string of the molecule is CC1(C)C(NC(=O)c2ccc(N3CC4C(CN5CCN(c6ccc7c(c6)CN([C@H]6CCC(=O)NC6=O)C7=O)CC5)C4C3)cc2)C(C)(C)C1Oc1ccc(C#N)c2[nH]c(=O)ccc12. The zero-order valence-corrected chi connectivity index (χ0v) is 35.6. The predicted octanol–water partition coefficient (Wildman–Crippen LogP) is 4.28. The molecule has 2 unspecified atom stereocenters. The molecule has 10 rings (SSSR count). The highest BCUT2D eigenvalue weighted by molar-refractivity contribution is 6.05. The molecular formula is C48H52N8O6. The van der Waals surface area contributed by atoms with Crippen LogP contribution in [-0.2, 0) is 16.1 Å². The number of benzene rings is 3. The minimum absolute atomic E-state index is 0.116. The summed E-state index contributed by atoms with van der Waals surface area (Å²) in [6.45, 7) is 15.8. The molecule has 3 aromatic carbocycles. The number of imide groups is 1. The summed E-state index contributed by atoms with van der Waals surface area (Å²) in [5.41, 5.74) is 4.19. The quantitative estimate of drug-likeness (QED) is 0.207. The van der Waals surface area contributed by atoms with Gasteiger partial charge in [-0.15, -0.1) is 0 Å². The molecule has 14 heteroatoms. The molecule has 6 aliphatic rings. The number of hydrogen-bond donors (Lipinski definition) is 3. The fraction of sp³-hybridized carbons (Fsp3) is 0.458. The molecule has 4 aromatic rings. The number of aromatic nitrogens is 1. The maximum Gasteiger partial charge on any atom is 0.255 e. The van der Waals surface area contributed by atoms with Crippen LogP contribution < -0.4 is 30.7 Å². The summed E-state index contributed by atoms with van der Waals surface area (Å²) < 4.78 is 6.63. The Hall–Kier alpha value is -6.20. The van der Waals surface area contributed by atoms with Gasteiger partial charge in [0.1, 0.15) is 24.0 Å². The number of anilines is 2. The van der Waals surface area contributed by atoms with E-state index >= 15 is 0 Å². The summed E-state index contributed by atoms with van der Waals surface area (Å²) in [6.07, 6.45) is 0.367. The van der Waals surface area contributed by atoms with Gasteiger partial charge >= 0.3 is 0 Å². The first-order chi connectivity index (χ1) is 29.7. The van der Waals surface area contributed by atoms with Crippen molar-refractivity contribution in [1.82, 2.24) is 25.4 Å². The topological polar surface area (TPSA) is 171 Å². The summed E-state index contributed by atoms with van der Waals surface area (Å²) in [4.78, 5) is 74.8. The van der Waals surface area contributed by atoms with Crippen LogP contribution in [0.5, 0.6) is 5.75 Å². The van der Waals surface area contributed by atoms with Gasteiger partial charge in [-0.1, -0.05) is 27.7 Å². The Morgan fingerprint density at radius 1 is 0.871 bits per heavy atom. The molecule has 0 bridgehead atoms. The Bertz CT molecular complexity index is 2600. The van der Waals surface area contributed by atoms with E-state index in [9.17, 15) is 29.2 Å². The molecule has 1 aromatic heterocycles. The van der Waals surface area contributed by atoms with Crippen LogP contribution in [-0.4, -0.2) is 102 Å². The van der Waals surface area contributed by atoms with Crippen LogP contribution in [0.15, 0.2) is 71.5 Å². The second kappa shape index (κ2) is 14.7. The van der Waals surface area contributed by atoms with Crippen molar-refractivity contribution in [1.29, 1.82) is 5.26 Å². The van der Waals surface area contributed by atoms with Crippen LogP contribution >= 0.6 is 0 Å². The molecule has 2 aliphatic carbocycles. The van der Waals surface area contributed by atoms with Crippen LogP contribution in [0, 0.1) is 39.9 Å². The van der Waals surface area contributed by atoms with Crippen LogP contribution in [0.1, 0.15) is 72.4 Å². The van der Waals surface area contributed by atoms with Crippen molar-refractivity contribution in [3.05, 3.63) is 99.3 Å². The number of piperazine rings is 1. The summed E-state index contributed by atoms with van der Waals surface area (Å²) in [5.74, 6) is 1.72. The fourth-order valence-electron chi connectivity index (χ4n) is 11.8. The Kier molecular flexibility index (Phi) is 9.48. The third-order valence-corrected chi connectivity index (χ3v) is 14.9. The third kappa shape index (κ3) is 6.68. The molecule has 2 saturated carbocycles. The standard InChI is InChI=1S/C48H52N8O6/c1-47(2)45(48(3,4)46(47)62-38-14-7-28(22-49)41-33(38)12-15-39(57)50-41)52-42(59)27-5-8-30(9-6-27)55-25-35-34(36(35)26-55)24-53-17-19-54(20-18-53)31-10-11-32-29(21-31)23-56(44(32)61)37-13-16-40(58)51-43(37)60/h5-12,14-15,21,34-37,45-46H,13,16-20,23-26H2,1-4H3,(H,50,57)(H,52,59)(H,51,58,60)/t34?,35?,36?,37-,45?,46?/m0/s1. The lowest BCUT2D eigenvalue weighted by Gasteiger charge is -2.63. The van der Waals surface area contributed by atoms with E-state index < -0.39 is 16.9 Å². The molecule has 3 saturated heterocycles. The number of H-pyrrole nitrogens is 1. The summed E-state index contributed by atoms with van der Waals surface area (Å²) in [7, 11) is 0. The number of rotatable bonds is 9. The number of carbonyl (C=O) groups excluding carboxylic acids is 4. The van der Waals surface area contributed by atoms with Crippen LogP contribution in [0.2, 0.25) is 0 Å². The summed E-state index contributed by atoms with van der Waals surface area (Å²) in [6, 6.07) is 21.9. The van der Waals surface area contributed by atoms with E-state index in [1.807, 2.05) is 24.3 Å². The Labute approximate surface area is 360 Å². The number of pyridine rings is 1. The highest BCUT2D eigenvalue weighted by Gasteiger charge is 2.64. The van der Waals surface area contributed by atoms with E-state index in [2.05, 4.69) is 82.3 Å². The van der Waals surface area contributed by atoms with Gasteiger partial charge in [0.25, 0.3) is 11.8 Å². The Balaban J connectivity index is 0.691. The molecule has 0 radical (unpaired) electrons. The summed E-state index contributed by atoms with van der Waals surface area (Å²) in [5, 5.41) is 15.9. The van der Waals surface area contributed by atoms with Gasteiger partial charge in [0.2, 0.25) is 17.4 Å². The van der Waals surface area contributed by atoms with Crippen molar-refractivity contribution in [3.8, 4) is 11.8 Å². The van der Waals surface area contributed by atoms with Gasteiger partial charge in [-0.3, -0.25) is 34.2 Å². The molecular weight excluding hydrogens is 785 g/mol. The van der Waals surface area contributed by atoms with Gasteiger partial charge in [-0.05, 0) is 90.4 Å². The number of amides is 4. The van der Waals surface area contributed by atoms with Crippen LogP contribution in [0.4, 0.5) is 11.4 Å². The van der Waals surface area contributed by atoms with E-state index in [0.717, 1.165) is 62.8 Å². The van der Waals surface area contributed by atoms with Crippen molar-refractivity contribution in [3.63, 3.8) is 0 Å². The highest BCUT2D eigenvalue weighted by atomic mass is 16.5. The van der Waals surface area contributed by atoms with Gasteiger partial charge in [0.05, 0.1) is 11.1 Å². The predicted molar refractivity (Wildman–Crippen MR) is 233 cm³/mol. The largest absolute Gasteiger partial charge is 0.488 e. The highest BCUT2D eigenvalue weighted by Crippen LogP contribution is 2.56. The number of nitriles is 1. The number of aromatic amines is 1. The van der Waals surface area contributed by atoms with Gasteiger partial charge in [0, 0.05) is 110 Å². The fourth-order valence-corrected chi connectivity index (χ4v) is 11.8. The van der Waals surface area contributed by atoms with Gasteiger partial charge in [-0.25, -0.2) is 0 Å². The monoisotopic (exact) mass is 836 g/mol. The molecule has 5 fully saturated rings. The lowest BCUT2D eigenvalue weighted by molar-refractivity contribution is -0.163. The lowest BCUT2D eigenvalue weighted by atomic mass is 9.49. The first-order valence-electron chi connectivity index (χ1n) is 21.8. The number of ether oxygens (including phenoxy) is 1. The van der Waals surface area contributed by atoms with Gasteiger partial charge in [0.15, 0.2) is 0 Å².